The van der Waals surface area contributed by atoms with Gasteiger partial charge >= 0.3 is 5.97 Å². The highest BCUT2D eigenvalue weighted by atomic mass is 16.5. The van der Waals surface area contributed by atoms with E-state index < -0.39 is 18.5 Å². The van der Waals surface area contributed by atoms with Crippen LogP contribution < -0.4 is 14.8 Å². The second-order valence-electron chi connectivity index (χ2n) is 7.03. The van der Waals surface area contributed by atoms with Crippen LogP contribution in [0, 0.1) is 6.92 Å². The quantitative estimate of drug-likeness (QED) is 0.589. The van der Waals surface area contributed by atoms with Gasteiger partial charge in [-0.3, -0.25) is 4.79 Å². The zero-order valence-electron chi connectivity index (χ0n) is 17.0. The molecule has 4 rings (SSSR count). The lowest BCUT2D eigenvalue weighted by Gasteiger charge is -2.17. The third-order valence-corrected chi connectivity index (χ3v) is 4.64. The molecule has 3 aromatic rings. The Balaban J connectivity index is 1.36. The predicted octanol–water partition coefficient (Wildman–Crippen LogP) is 4.75. The fourth-order valence-corrected chi connectivity index (χ4v) is 3.04. The largest absolute Gasteiger partial charge is 0.488 e. The first-order chi connectivity index (χ1) is 15.1. The molecule has 0 aromatic heterocycles. The van der Waals surface area contributed by atoms with Crippen molar-refractivity contribution in [1.29, 1.82) is 0 Å². The van der Waals surface area contributed by atoms with Gasteiger partial charge in [0.25, 0.3) is 5.91 Å². The number of hydrogen-bond acceptors (Lipinski definition) is 5. The van der Waals surface area contributed by atoms with Crippen molar-refractivity contribution in [2.75, 3.05) is 18.5 Å². The number of carbonyl (C=O) groups excluding carboxylic acids is 2. The van der Waals surface area contributed by atoms with Gasteiger partial charge in [-0.1, -0.05) is 48.0 Å². The van der Waals surface area contributed by atoms with E-state index in [1.54, 1.807) is 24.3 Å². The van der Waals surface area contributed by atoms with E-state index in [1.807, 2.05) is 61.5 Å². The average molecular weight is 415 g/mol. The third kappa shape index (κ3) is 5.11. The Bertz CT molecular complexity index is 1130. The van der Waals surface area contributed by atoms with Crippen molar-refractivity contribution < 1.29 is 23.8 Å². The average Bonchev–Trinajstić information content (AvgIpc) is 2.80. The van der Waals surface area contributed by atoms with Gasteiger partial charge in [0.2, 0.25) is 0 Å². The first-order valence-corrected chi connectivity index (χ1v) is 9.81. The van der Waals surface area contributed by atoms with Crippen LogP contribution in [0.15, 0.2) is 78.4 Å². The smallest absolute Gasteiger partial charge is 0.338 e. The lowest BCUT2D eigenvalue weighted by molar-refractivity contribution is -0.143. The predicted molar refractivity (Wildman–Crippen MR) is 117 cm³/mol. The summed E-state index contributed by atoms with van der Waals surface area (Å²) >= 11 is 0. The van der Waals surface area contributed by atoms with Gasteiger partial charge in [0, 0.05) is 5.56 Å². The summed E-state index contributed by atoms with van der Waals surface area (Å²) in [6.07, 6.45) is 1.71. The highest BCUT2D eigenvalue weighted by Crippen LogP contribution is 2.29. The molecule has 1 N–H and O–H groups in total. The molecule has 0 aliphatic carbocycles. The van der Waals surface area contributed by atoms with Gasteiger partial charge in [0.15, 0.2) is 12.4 Å². The van der Waals surface area contributed by atoms with Crippen LogP contribution in [-0.2, 0) is 14.3 Å². The maximum absolute atomic E-state index is 12.4. The topological polar surface area (TPSA) is 73.9 Å². The van der Waals surface area contributed by atoms with Crippen LogP contribution in [0.1, 0.15) is 11.1 Å². The fraction of sp³-hybridized carbons (Fsp3) is 0.120. The summed E-state index contributed by atoms with van der Waals surface area (Å²) in [5.74, 6) is 0.802. The molecule has 0 spiro atoms. The van der Waals surface area contributed by atoms with Crippen LogP contribution in [0.3, 0.4) is 0 Å². The van der Waals surface area contributed by atoms with Crippen molar-refractivity contribution >= 4 is 23.6 Å². The number of benzene rings is 3. The summed E-state index contributed by atoms with van der Waals surface area (Å²) in [5.41, 5.74) is 2.76. The first kappa shape index (κ1) is 20.2. The Labute approximate surface area is 180 Å². The molecule has 1 aliphatic heterocycles. The molecule has 0 bridgehead atoms. The van der Waals surface area contributed by atoms with E-state index in [0.29, 0.717) is 28.5 Å². The van der Waals surface area contributed by atoms with Gasteiger partial charge in [-0.25, -0.2) is 4.79 Å². The molecule has 1 aliphatic rings. The second kappa shape index (κ2) is 9.17. The number of rotatable bonds is 6. The van der Waals surface area contributed by atoms with Gasteiger partial charge in [-0.2, -0.15) is 0 Å². The van der Waals surface area contributed by atoms with Crippen LogP contribution in [0.5, 0.6) is 17.2 Å². The maximum atomic E-state index is 12.4. The molecule has 1 heterocycles. The molecule has 0 saturated heterocycles. The number of aryl methyl sites for hydroxylation is 1. The molecule has 156 valence electrons. The fourth-order valence-electron chi connectivity index (χ4n) is 3.04. The molecule has 0 unspecified atom stereocenters. The molecule has 6 nitrogen and oxygen atoms in total. The van der Waals surface area contributed by atoms with E-state index in [0.717, 1.165) is 11.1 Å². The molecular formula is C25H21NO5. The minimum absolute atomic E-state index is 0.102. The van der Waals surface area contributed by atoms with E-state index in [9.17, 15) is 9.59 Å². The summed E-state index contributed by atoms with van der Waals surface area (Å²) in [5, 5.41) is 2.72. The lowest BCUT2D eigenvalue weighted by Crippen LogP contribution is -2.24. The summed E-state index contributed by atoms with van der Waals surface area (Å²) in [4.78, 5) is 24.7. The second-order valence-corrected chi connectivity index (χ2v) is 7.03. The maximum Gasteiger partial charge on any atom is 0.338 e. The van der Waals surface area contributed by atoms with Crippen molar-refractivity contribution in [1.82, 2.24) is 0 Å². The number of carbonyl (C=O) groups is 2. The summed E-state index contributed by atoms with van der Waals surface area (Å²) < 4.78 is 16.6. The van der Waals surface area contributed by atoms with Gasteiger partial charge in [0.1, 0.15) is 18.1 Å². The molecule has 3 aromatic carbocycles. The Kier molecular flexibility index (Phi) is 5.98. The third-order valence-electron chi connectivity index (χ3n) is 4.64. The number of fused-ring (bicyclic) bond motifs is 1. The van der Waals surface area contributed by atoms with Gasteiger partial charge in [0.05, 0.1) is 11.3 Å². The van der Waals surface area contributed by atoms with Gasteiger partial charge in [-0.05, 0) is 43.3 Å². The number of ether oxygens (including phenoxy) is 3. The number of para-hydroxylation sites is 3. The number of esters is 1. The molecule has 0 atom stereocenters. The van der Waals surface area contributed by atoms with Crippen molar-refractivity contribution in [3.05, 3.63) is 89.5 Å². The van der Waals surface area contributed by atoms with Crippen molar-refractivity contribution in [3.63, 3.8) is 0 Å². The first-order valence-electron chi connectivity index (χ1n) is 9.81. The minimum atomic E-state index is -0.589. The van der Waals surface area contributed by atoms with E-state index in [4.69, 9.17) is 14.2 Å². The van der Waals surface area contributed by atoms with E-state index in [2.05, 4.69) is 5.32 Å². The van der Waals surface area contributed by atoms with Crippen LogP contribution in [0.25, 0.3) is 6.08 Å². The molecular weight excluding hydrogens is 394 g/mol. The van der Waals surface area contributed by atoms with Crippen LogP contribution >= 0.6 is 0 Å². The molecule has 1 amide bonds. The van der Waals surface area contributed by atoms with Gasteiger partial charge in [-0.15, -0.1) is 0 Å². The summed E-state index contributed by atoms with van der Waals surface area (Å²) in [6.45, 7) is 1.68. The Morgan fingerprint density at radius 1 is 0.968 bits per heavy atom. The number of hydrogen-bond donors (Lipinski definition) is 1. The number of anilines is 1. The van der Waals surface area contributed by atoms with Crippen LogP contribution in [0.2, 0.25) is 0 Å². The zero-order valence-corrected chi connectivity index (χ0v) is 17.0. The zero-order chi connectivity index (χ0) is 21.6. The van der Waals surface area contributed by atoms with Gasteiger partial charge < -0.3 is 19.5 Å². The molecule has 31 heavy (non-hydrogen) atoms. The Morgan fingerprint density at radius 3 is 2.55 bits per heavy atom. The number of nitrogens with one attached hydrogen (secondary N) is 1. The molecule has 0 saturated carbocycles. The Morgan fingerprint density at radius 2 is 1.71 bits per heavy atom. The Hall–Kier alpha value is -4.06. The monoisotopic (exact) mass is 415 g/mol. The van der Waals surface area contributed by atoms with E-state index >= 15 is 0 Å². The molecule has 6 heteroatoms. The van der Waals surface area contributed by atoms with Crippen molar-refractivity contribution in [2.24, 2.45) is 0 Å². The van der Waals surface area contributed by atoms with Crippen molar-refractivity contribution in [3.8, 4) is 17.2 Å². The normalized spacial score (nSPS) is 12.1. The van der Waals surface area contributed by atoms with E-state index in [1.165, 1.54) is 0 Å². The summed E-state index contributed by atoms with van der Waals surface area (Å²) in [6, 6.07) is 22.1. The van der Waals surface area contributed by atoms with Crippen LogP contribution in [0.4, 0.5) is 5.69 Å². The van der Waals surface area contributed by atoms with E-state index in [-0.39, 0.29) is 6.61 Å². The highest BCUT2D eigenvalue weighted by molar-refractivity contribution is 5.98. The highest BCUT2D eigenvalue weighted by Gasteiger charge is 2.19. The standard InChI is InChI=1S/C25H21NO5/c1-17-10-12-20(13-11-17)31-23-9-5-3-7-21(23)26-24(27)16-30-25(28)19-14-18-6-2-4-8-22(18)29-15-19/h2-14H,15-16H2,1H3,(H,26,27). The molecule has 0 fully saturated rings. The molecule has 0 radical (unpaired) electrons. The van der Waals surface area contributed by atoms with Crippen molar-refractivity contribution in [2.45, 2.75) is 6.92 Å². The lowest BCUT2D eigenvalue weighted by atomic mass is 10.1. The number of amides is 1. The SMILES string of the molecule is Cc1ccc(Oc2ccccc2NC(=O)COC(=O)C2=Cc3ccccc3OC2)cc1. The summed E-state index contributed by atoms with van der Waals surface area (Å²) in [7, 11) is 0. The van der Waals surface area contributed by atoms with Crippen LogP contribution in [-0.4, -0.2) is 25.1 Å². The minimum Gasteiger partial charge on any atom is -0.488 e.